The van der Waals surface area contributed by atoms with Crippen molar-refractivity contribution >= 4 is 27.4 Å². The molecule has 4 heterocycles. The molecule has 0 saturated heterocycles. The fourth-order valence-electron chi connectivity index (χ4n) is 5.55. The summed E-state index contributed by atoms with van der Waals surface area (Å²) in [7, 11) is 0. The monoisotopic (exact) mass is 536 g/mol. The summed E-state index contributed by atoms with van der Waals surface area (Å²) < 4.78 is 0. The molecule has 0 spiro atoms. The quantitative estimate of drug-likeness (QED) is 0.166. The van der Waals surface area contributed by atoms with Crippen molar-refractivity contribution in [3.05, 3.63) is 139 Å². The highest BCUT2D eigenvalue weighted by Gasteiger charge is 2.18. The Hall–Kier alpha value is -6.24. The standard InChI is InChI=1S/C36H20N6/c1-38-34-17-24(11-13-42-34)26-15-28(22-40-20-26)36-32-8-4-2-6-30(32)35(31-7-3-5-9-33(31)36)27-14-25(19-39-21-27)23-10-12-41-29(16-23)18-37/h2-17,19-22H. The zero-order chi connectivity index (χ0) is 28.5. The zero-order valence-electron chi connectivity index (χ0n) is 22.2. The van der Waals surface area contributed by atoms with Crippen LogP contribution in [-0.2, 0) is 0 Å². The maximum absolute atomic E-state index is 9.36. The number of benzene rings is 3. The van der Waals surface area contributed by atoms with Gasteiger partial charge in [0.05, 0.1) is 0 Å². The molecule has 4 aromatic heterocycles. The van der Waals surface area contributed by atoms with Crippen molar-refractivity contribution in [3.63, 3.8) is 0 Å². The van der Waals surface area contributed by atoms with Gasteiger partial charge in [0.2, 0.25) is 0 Å². The van der Waals surface area contributed by atoms with Gasteiger partial charge in [-0.05, 0) is 85.8 Å². The van der Waals surface area contributed by atoms with Crippen molar-refractivity contribution < 1.29 is 0 Å². The second-order valence-corrected chi connectivity index (χ2v) is 9.82. The SMILES string of the molecule is [C-]#[N+]c1cc(-c2cncc(-c3c4ccccc4c(-c4cncc(-c5ccnc(C#N)c5)c4)c4ccccc34)c2)ccn1. The predicted molar refractivity (Wildman–Crippen MR) is 165 cm³/mol. The summed E-state index contributed by atoms with van der Waals surface area (Å²) >= 11 is 0. The van der Waals surface area contributed by atoms with Crippen molar-refractivity contribution in [3.8, 4) is 50.6 Å². The highest BCUT2D eigenvalue weighted by atomic mass is 14.8. The van der Waals surface area contributed by atoms with Gasteiger partial charge in [0.15, 0.2) is 0 Å². The molecule has 7 rings (SSSR count). The summed E-state index contributed by atoms with van der Waals surface area (Å²) in [6, 6.07) is 30.6. The van der Waals surface area contributed by atoms with Gasteiger partial charge in [-0.3, -0.25) is 9.97 Å². The van der Waals surface area contributed by atoms with Crippen LogP contribution in [0, 0.1) is 17.9 Å². The fourth-order valence-corrected chi connectivity index (χ4v) is 5.55. The van der Waals surface area contributed by atoms with Gasteiger partial charge in [-0.15, -0.1) is 4.98 Å². The van der Waals surface area contributed by atoms with E-state index in [1.165, 1.54) is 0 Å². The summed E-state index contributed by atoms with van der Waals surface area (Å²) in [4.78, 5) is 20.9. The van der Waals surface area contributed by atoms with Gasteiger partial charge in [0.1, 0.15) is 18.0 Å². The van der Waals surface area contributed by atoms with E-state index in [1.54, 1.807) is 24.5 Å². The molecule has 42 heavy (non-hydrogen) atoms. The van der Waals surface area contributed by atoms with Crippen molar-refractivity contribution in [2.45, 2.75) is 0 Å². The average molecular weight is 537 g/mol. The third-order valence-corrected chi connectivity index (χ3v) is 7.39. The molecule has 0 aliphatic rings. The number of aromatic nitrogens is 4. The van der Waals surface area contributed by atoms with Crippen LogP contribution in [0.2, 0.25) is 0 Å². The minimum absolute atomic E-state index is 0.351. The summed E-state index contributed by atoms with van der Waals surface area (Å²) in [5.41, 5.74) is 8.14. The summed E-state index contributed by atoms with van der Waals surface area (Å²) in [6.45, 7) is 7.36. The van der Waals surface area contributed by atoms with Crippen LogP contribution < -0.4 is 0 Å². The smallest absolute Gasteiger partial charge is 0.270 e. The van der Waals surface area contributed by atoms with E-state index in [-0.39, 0.29) is 0 Å². The lowest BCUT2D eigenvalue weighted by atomic mass is 9.86. The van der Waals surface area contributed by atoms with Crippen molar-refractivity contribution in [1.29, 1.82) is 5.26 Å². The summed E-state index contributed by atoms with van der Waals surface area (Å²) in [6.07, 6.45) is 10.7. The van der Waals surface area contributed by atoms with Crippen molar-refractivity contribution in [1.82, 2.24) is 19.9 Å². The Balaban J connectivity index is 1.47. The van der Waals surface area contributed by atoms with Crippen LogP contribution >= 0.6 is 0 Å². The first kappa shape index (κ1) is 24.8. The molecular weight excluding hydrogens is 516 g/mol. The van der Waals surface area contributed by atoms with Gasteiger partial charge >= 0.3 is 0 Å². The first-order valence-electron chi connectivity index (χ1n) is 13.3. The summed E-state index contributed by atoms with van der Waals surface area (Å²) in [5, 5.41) is 13.8. The number of rotatable bonds is 4. The van der Waals surface area contributed by atoms with E-state index in [0.717, 1.165) is 66.1 Å². The third kappa shape index (κ3) is 4.30. The fraction of sp³-hybridized carbons (Fsp3) is 0. The van der Waals surface area contributed by atoms with E-state index in [2.05, 4.69) is 91.5 Å². The minimum atomic E-state index is 0.351. The van der Waals surface area contributed by atoms with Crippen LogP contribution in [0.5, 0.6) is 0 Å². The Kier molecular flexibility index (Phi) is 6.13. The molecule has 0 saturated carbocycles. The van der Waals surface area contributed by atoms with Gasteiger partial charge in [-0.25, -0.2) is 4.98 Å². The van der Waals surface area contributed by atoms with Crippen molar-refractivity contribution in [2.75, 3.05) is 0 Å². The van der Waals surface area contributed by atoms with E-state index in [4.69, 9.17) is 6.57 Å². The van der Waals surface area contributed by atoms with Gasteiger partial charge in [0, 0.05) is 47.7 Å². The number of hydrogen-bond acceptors (Lipinski definition) is 5. The van der Waals surface area contributed by atoms with Crippen LogP contribution in [0.15, 0.2) is 122 Å². The van der Waals surface area contributed by atoms with Crippen LogP contribution in [0.25, 0.3) is 70.9 Å². The number of hydrogen-bond donors (Lipinski definition) is 0. The number of pyridine rings is 4. The molecule has 0 aliphatic carbocycles. The van der Waals surface area contributed by atoms with E-state index in [0.29, 0.717) is 11.5 Å². The molecule has 6 nitrogen and oxygen atoms in total. The van der Waals surface area contributed by atoms with Crippen LogP contribution in [0.4, 0.5) is 5.82 Å². The van der Waals surface area contributed by atoms with E-state index < -0.39 is 0 Å². The topological polar surface area (TPSA) is 79.7 Å². The van der Waals surface area contributed by atoms with Gasteiger partial charge in [-0.1, -0.05) is 55.1 Å². The third-order valence-electron chi connectivity index (χ3n) is 7.39. The molecule has 6 heteroatoms. The molecule has 194 valence electrons. The maximum atomic E-state index is 9.36. The second kappa shape index (κ2) is 10.4. The second-order valence-electron chi connectivity index (χ2n) is 9.82. The molecule has 3 aromatic carbocycles. The lowest BCUT2D eigenvalue weighted by Crippen LogP contribution is -1.93. The maximum Gasteiger partial charge on any atom is 0.270 e. The molecule has 0 radical (unpaired) electrons. The van der Waals surface area contributed by atoms with Crippen molar-refractivity contribution in [2.24, 2.45) is 0 Å². The minimum Gasteiger partial charge on any atom is -0.361 e. The molecule has 0 atom stereocenters. The molecule has 0 N–H and O–H groups in total. The van der Waals surface area contributed by atoms with Gasteiger partial charge in [0.25, 0.3) is 5.82 Å². The Labute approximate surface area is 242 Å². The zero-order valence-corrected chi connectivity index (χ0v) is 22.2. The predicted octanol–water partition coefficient (Wildman–Crippen LogP) is 8.66. The average Bonchev–Trinajstić information content (AvgIpc) is 3.07. The van der Waals surface area contributed by atoms with Crippen LogP contribution in [-0.4, -0.2) is 19.9 Å². The van der Waals surface area contributed by atoms with Crippen LogP contribution in [0.3, 0.4) is 0 Å². The molecular formula is C36H20N6. The molecule has 7 aromatic rings. The first-order valence-corrected chi connectivity index (χ1v) is 13.3. The van der Waals surface area contributed by atoms with Gasteiger partial charge in [-0.2, -0.15) is 5.26 Å². The normalized spacial score (nSPS) is 10.8. The Morgan fingerprint density at radius 3 is 1.52 bits per heavy atom. The number of fused-ring (bicyclic) bond motifs is 2. The van der Waals surface area contributed by atoms with Gasteiger partial charge < -0.3 is 4.85 Å². The molecule has 0 bridgehead atoms. The Bertz CT molecular complexity index is 2020. The molecule has 0 fully saturated rings. The van der Waals surface area contributed by atoms with Crippen LogP contribution in [0.1, 0.15) is 5.69 Å². The largest absolute Gasteiger partial charge is 0.361 e. The lowest BCUT2D eigenvalue weighted by Gasteiger charge is -2.18. The van der Waals surface area contributed by atoms with E-state index in [1.807, 2.05) is 36.9 Å². The molecule has 0 aliphatic heterocycles. The van der Waals surface area contributed by atoms with E-state index >= 15 is 0 Å². The van der Waals surface area contributed by atoms with E-state index in [9.17, 15) is 5.26 Å². The lowest BCUT2D eigenvalue weighted by molar-refractivity contribution is 1.26. The Morgan fingerprint density at radius 2 is 1.02 bits per heavy atom. The highest BCUT2D eigenvalue weighted by Crippen LogP contribution is 2.44. The first-order chi connectivity index (χ1) is 20.7. The molecule has 0 amide bonds. The molecule has 0 unspecified atom stereocenters. The number of nitrogens with zero attached hydrogens (tertiary/aromatic N) is 6. The Morgan fingerprint density at radius 1 is 0.548 bits per heavy atom. The number of nitriles is 1. The highest BCUT2D eigenvalue weighted by molar-refractivity contribution is 6.21. The summed E-state index contributed by atoms with van der Waals surface area (Å²) in [5.74, 6) is 0.351.